The molecule has 1 atom stereocenters. The standard InChI is InChI=1S/C14H22FNO/c1-4-12(16-5-2)8-6-11-7-9-14(17-3)13(15)10-11/h7,9-10,12,16H,4-6,8H2,1-3H3. The molecule has 0 fully saturated rings. The second-order valence-electron chi connectivity index (χ2n) is 4.17. The van der Waals surface area contributed by atoms with Crippen LogP contribution in [0.4, 0.5) is 4.39 Å². The largest absolute Gasteiger partial charge is 0.494 e. The summed E-state index contributed by atoms with van der Waals surface area (Å²) in [6.07, 6.45) is 3.04. The predicted octanol–water partition coefficient (Wildman–Crippen LogP) is 3.16. The van der Waals surface area contributed by atoms with Crippen molar-refractivity contribution in [2.24, 2.45) is 0 Å². The van der Waals surface area contributed by atoms with E-state index in [1.54, 1.807) is 12.1 Å². The fourth-order valence-electron chi connectivity index (χ4n) is 1.95. The van der Waals surface area contributed by atoms with Crippen LogP contribution < -0.4 is 10.1 Å². The van der Waals surface area contributed by atoms with Crippen molar-refractivity contribution in [1.29, 1.82) is 0 Å². The molecule has 0 radical (unpaired) electrons. The summed E-state index contributed by atoms with van der Waals surface area (Å²) in [6, 6.07) is 5.71. The van der Waals surface area contributed by atoms with Gasteiger partial charge in [-0.1, -0.05) is 19.9 Å². The highest BCUT2D eigenvalue weighted by atomic mass is 19.1. The molecule has 1 unspecified atom stereocenters. The van der Waals surface area contributed by atoms with E-state index in [-0.39, 0.29) is 5.82 Å². The van der Waals surface area contributed by atoms with E-state index in [1.165, 1.54) is 7.11 Å². The lowest BCUT2D eigenvalue weighted by Crippen LogP contribution is -2.28. The molecule has 0 saturated carbocycles. The maximum atomic E-state index is 13.5. The van der Waals surface area contributed by atoms with Gasteiger partial charge in [-0.2, -0.15) is 0 Å². The summed E-state index contributed by atoms with van der Waals surface area (Å²) >= 11 is 0. The quantitative estimate of drug-likeness (QED) is 0.789. The molecule has 3 heteroatoms. The van der Waals surface area contributed by atoms with Crippen molar-refractivity contribution < 1.29 is 9.13 Å². The zero-order valence-electron chi connectivity index (χ0n) is 10.9. The van der Waals surface area contributed by atoms with Gasteiger partial charge >= 0.3 is 0 Å². The van der Waals surface area contributed by atoms with E-state index in [9.17, 15) is 4.39 Å². The third-order valence-electron chi connectivity index (χ3n) is 2.98. The molecule has 0 aliphatic carbocycles. The SMILES string of the molecule is CCNC(CC)CCc1ccc(OC)c(F)c1. The van der Waals surface area contributed by atoms with Crippen LogP contribution in [-0.2, 0) is 6.42 Å². The Morgan fingerprint density at radius 3 is 2.65 bits per heavy atom. The number of nitrogens with one attached hydrogen (secondary N) is 1. The van der Waals surface area contributed by atoms with Crippen molar-refractivity contribution in [2.45, 2.75) is 39.2 Å². The lowest BCUT2D eigenvalue weighted by molar-refractivity contribution is 0.386. The van der Waals surface area contributed by atoms with E-state index in [0.717, 1.165) is 31.4 Å². The molecule has 0 aromatic heterocycles. The highest BCUT2D eigenvalue weighted by Crippen LogP contribution is 2.19. The van der Waals surface area contributed by atoms with Gasteiger partial charge in [0.25, 0.3) is 0 Å². The second kappa shape index (κ2) is 7.28. The third-order valence-corrected chi connectivity index (χ3v) is 2.98. The van der Waals surface area contributed by atoms with E-state index in [0.29, 0.717) is 11.8 Å². The van der Waals surface area contributed by atoms with Gasteiger partial charge in [0.2, 0.25) is 0 Å². The van der Waals surface area contributed by atoms with E-state index in [1.807, 2.05) is 6.07 Å². The molecule has 0 bridgehead atoms. The number of halogens is 1. The van der Waals surface area contributed by atoms with E-state index in [2.05, 4.69) is 19.2 Å². The molecular weight excluding hydrogens is 217 g/mol. The Morgan fingerprint density at radius 2 is 2.12 bits per heavy atom. The van der Waals surface area contributed by atoms with E-state index < -0.39 is 0 Å². The first-order valence-corrected chi connectivity index (χ1v) is 6.27. The Hall–Kier alpha value is -1.09. The number of rotatable bonds is 7. The first-order chi connectivity index (χ1) is 8.21. The zero-order valence-corrected chi connectivity index (χ0v) is 10.9. The zero-order chi connectivity index (χ0) is 12.7. The number of methoxy groups -OCH3 is 1. The average Bonchev–Trinajstić information content (AvgIpc) is 2.34. The molecule has 0 saturated heterocycles. The van der Waals surface area contributed by atoms with Crippen molar-refractivity contribution >= 4 is 0 Å². The summed E-state index contributed by atoms with van der Waals surface area (Å²) in [4.78, 5) is 0. The number of benzene rings is 1. The topological polar surface area (TPSA) is 21.3 Å². The minimum atomic E-state index is -0.276. The number of aryl methyl sites for hydroxylation is 1. The fraction of sp³-hybridized carbons (Fsp3) is 0.571. The highest BCUT2D eigenvalue weighted by Gasteiger charge is 2.07. The van der Waals surface area contributed by atoms with Crippen LogP contribution in [0.3, 0.4) is 0 Å². The molecule has 0 amide bonds. The first kappa shape index (κ1) is 14.0. The van der Waals surface area contributed by atoms with E-state index in [4.69, 9.17) is 4.74 Å². The van der Waals surface area contributed by atoms with Gasteiger partial charge in [-0.25, -0.2) is 4.39 Å². The van der Waals surface area contributed by atoms with Gasteiger partial charge in [0, 0.05) is 6.04 Å². The molecule has 2 nitrogen and oxygen atoms in total. The smallest absolute Gasteiger partial charge is 0.165 e. The number of hydrogen-bond acceptors (Lipinski definition) is 2. The molecule has 17 heavy (non-hydrogen) atoms. The Kier molecular flexibility index (Phi) is 5.98. The minimum Gasteiger partial charge on any atom is -0.494 e. The third kappa shape index (κ3) is 4.35. The van der Waals surface area contributed by atoms with Gasteiger partial charge < -0.3 is 10.1 Å². The van der Waals surface area contributed by atoms with E-state index >= 15 is 0 Å². The lowest BCUT2D eigenvalue weighted by atomic mass is 10.0. The van der Waals surface area contributed by atoms with Crippen molar-refractivity contribution in [2.75, 3.05) is 13.7 Å². The highest BCUT2D eigenvalue weighted by molar-refractivity contribution is 5.29. The Morgan fingerprint density at radius 1 is 1.35 bits per heavy atom. The Balaban J connectivity index is 2.54. The van der Waals surface area contributed by atoms with Crippen molar-refractivity contribution in [1.82, 2.24) is 5.32 Å². The van der Waals surface area contributed by atoms with Gasteiger partial charge in [-0.15, -0.1) is 0 Å². The van der Waals surface area contributed by atoms with Crippen molar-refractivity contribution in [3.63, 3.8) is 0 Å². The molecular formula is C14H22FNO. The van der Waals surface area contributed by atoms with Crippen molar-refractivity contribution in [3.05, 3.63) is 29.6 Å². The Labute approximate surface area is 103 Å². The van der Waals surface area contributed by atoms with Crippen LogP contribution in [-0.4, -0.2) is 19.7 Å². The van der Waals surface area contributed by atoms with Crippen LogP contribution in [0.25, 0.3) is 0 Å². The van der Waals surface area contributed by atoms with Gasteiger partial charge in [0.1, 0.15) is 0 Å². The second-order valence-corrected chi connectivity index (χ2v) is 4.17. The average molecular weight is 239 g/mol. The summed E-state index contributed by atoms with van der Waals surface area (Å²) in [6.45, 7) is 5.26. The van der Waals surface area contributed by atoms with Crippen LogP contribution in [0, 0.1) is 5.82 Å². The van der Waals surface area contributed by atoms with Gasteiger partial charge in [0.05, 0.1) is 7.11 Å². The van der Waals surface area contributed by atoms with Crippen LogP contribution in [0.2, 0.25) is 0 Å². The predicted molar refractivity (Wildman–Crippen MR) is 69.0 cm³/mol. The summed E-state index contributed by atoms with van der Waals surface area (Å²) < 4.78 is 18.4. The monoisotopic (exact) mass is 239 g/mol. The lowest BCUT2D eigenvalue weighted by Gasteiger charge is -2.15. The molecule has 1 aromatic rings. The summed E-state index contributed by atoms with van der Waals surface area (Å²) in [5, 5.41) is 3.42. The summed E-state index contributed by atoms with van der Waals surface area (Å²) in [5.41, 5.74) is 1.03. The van der Waals surface area contributed by atoms with Crippen LogP contribution in [0.15, 0.2) is 18.2 Å². The minimum absolute atomic E-state index is 0.276. The molecule has 0 aliphatic heterocycles. The van der Waals surface area contributed by atoms with Crippen LogP contribution >= 0.6 is 0 Å². The molecule has 0 aliphatic rings. The van der Waals surface area contributed by atoms with Crippen molar-refractivity contribution in [3.8, 4) is 5.75 Å². The number of hydrogen-bond donors (Lipinski definition) is 1. The molecule has 0 spiro atoms. The first-order valence-electron chi connectivity index (χ1n) is 6.27. The maximum absolute atomic E-state index is 13.5. The van der Waals surface area contributed by atoms with Gasteiger partial charge in [-0.3, -0.25) is 0 Å². The van der Waals surface area contributed by atoms with Crippen LogP contribution in [0.1, 0.15) is 32.3 Å². The molecule has 96 valence electrons. The van der Waals surface area contributed by atoms with Gasteiger partial charge in [0.15, 0.2) is 11.6 Å². The van der Waals surface area contributed by atoms with Gasteiger partial charge in [-0.05, 0) is 43.5 Å². The fourth-order valence-corrected chi connectivity index (χ4v) is 1.95. The molecule has 1 rings (SSSR count). The molecule has 1 N–H and O–H groups in total. The van der Waals surface area contributed by atoms with Crippen LogP contribution in [0.5, 0.6) is 5.75 Å². The normalized spacial score (nSPS) is 12.5. The summed E-state index contributed by atoms with van der Waals surface area (Å²) in [7, 11) is 1.48. The Bertz CT molecular complexity index is 341. The maximum Gasteiger partial charge on any atom is 0.165 e. The molecule has 1 aromatic carbocycles. The molecule has 0 heterocycles. The number of ether oxygens (including phenoxy) is 1. The summed E-state index contributed by atoms with van der Waals surface area (Å²) in [5.74, 6) is 0.0361.